The van der Waals surface area contributed by atoms with Crippen LogP contribution in [0.2, 0.25) is 10.0 Å². The molecule has 11 heteroatoms. The highest BCUT2D eigenvalue weighted by Gasteiger charge is 2.52. The second-order valence-electron chi connectivity index (χ2n) is 9.60. The first-order valence-electron chi connectivity index (χ1n) is 10.9. The SMILES string of the molecule is CC(C)(C)OC(=O)C1OC2(CNC2)c2ccc(C(=O)C=C(c3cc(Cl)cc(Cl)c3F)C(F)(F)F)cc21. The van der Waals surface area contributed by atoms with Crippen molar-refractivity contribution in [1.82, 2.24) is 5.32 Å². The van der Waals surface area contributed by atoms with E-state index in [1.807, 2.05) is 0 Å². The highest BCUT2D eigenvalue weighted by Crippen LogP contribution is 2.47. The van der Waals surface area contributed by atoms with E-state index in [2.05, 4.69) is 5.32 Å². The summed E-state index contributed by atoms with van der Waals surface area (Å²) < 4.78 is 67.5. The van der Waals surface area contributed by atoms with Crippen molar-refractivity contribution >= 4 is 40.5 Å². The van der Waals surface area contributed by atoms with Gasteiger partial charge in [0.2, 0.25) is 0 Å². The van der Waals surface area contributed by atoms with Gasteiger partial charge in [-0.2, -0.15) is 13.2 Å². The van der Waals surface area contributed by atoms with Gasteiger partial charge in [0, 0.05) is 29.2 Å². The van der Waals surface area contributed by atoms with Gasteiger partial charge < -0.3 is 14.8 Å². The summed E-state index contributed by atoms with van der Waals surface area (Å²) in [7, 11) is 0. The molecule has 4 rings (SSSR count). The number of ether oxygens (including phenoxy) is 2. The predicted molar refractivity (Wildman–Crippen MR) is 125 cm³/mol. The molecular weight excluding hydrogens is 525 g/mol. The number of esters is 1. The molecule has 192 valence electrons. The van der Waals surface area contributed by atoms with E-state index in [1.54, 1.807) is 26.8 Å². The molecule has 1 unspecified atom stereocenters. The lowest BCUT2D eigenvalue weighted by Crippen LogP contribution is -2.57. The van der Waals surface area contributed by atoms with E-state index >= 15 is 0 Å². The number of halogens is 6. The molecule has 2 aromatic rings. The van der Waals surface area contributed by atoms with Gasteiger partial charge in [-0.05, 0) is 56.2 Å². The van der Waals surface area contributed by atoms with Gasteiger partial charge in [0.1, 0.15) is 17.0 Å². The number of rotatable bonds is 4. The van der Waals surface area contributed by atoms with Gasteiger partial charge in [-0.3, -0.25) is 4.79 Å². The van der Waals surface area contributed by atoms with E-state index in [-0.39, 0.29) is 16.7 Å². The van der Waals surface area contributed by atoms with Crippen LogP contribution in [0.4, 0.5) is 17.6 Å². The zero-order chi connectivity index (χ0) is 26.6. The Hall–Kier alpha value is -2.46. The molecule has 0 aromatic heterocycles. The molecule has 2 aliphatic heterocycles. The number of carbonyl (C=O) groups is 2. The van der Waals surface area contributed by atoms with Crippen LogP contribution in [0.5, 0.6) is 0 Å². The van der Waals surface area contributed by atoms with Gasteiger partial charge in [0.05, 0.1) is 10.6 Å². The van der Waals surface area contributed by atoms with Crippen LogP contribution in [-0.2, 0) is 19.9 Å². The van der Waals surface area contributed by atoms with Crippen LogP contribution in [0.25, 0.3) is 5.57 Å². The summed E-state index contributed by atoms with van der Waals surface area (Å²) in [6, 6.07) is 5.91. The largest absolute Gasteiger partial charge is 0.458 e. The fourth-order valence-corrected chi connectivity index (χ4v) is 4.63. The van der Waals surface area contributed by atoms with Crippen molar-refractivity contribution in [2.45, 2.75) is 44.3 Å². The minimum Gasteiger partial charge on any atom is -0.458 e. The van der Waals surface area contributed by atoms with Crippen molar-refractivity contribution in [2.75, 3.05) is 13.1 Å². The molecule has 36 heavy (non-hydrogen) atoms. The van der Waals surface area contributed by atoms with E-state index in [1.165, 1.54) is 12.1 Å². The molecule has 0 radical (unpaired) electrons. The summed E-state index contributed by atoms with van der Waals surface area (Å²) in [4.78, 5) is 25.8. The van der Waals surface area contributed by atoms with E-state index in [0.29, 0.717) is 24.2 Å². The smallest absolute Gasteiger partial charge is 0.417 e. The normalized spacial score (nSPS) is 19.1. The first-order valence-corrected chi connectivity index (χ1v) is 11.6. The first kappa shape index (κ1) is 26.6. The number of fused-ring (bicyclic) bond motifs is 2. The maximum Gasteiger partial charge on any atom is 0.417 e. The zero-order valence-corrected chi connectivity index (χ0v) is 20.9. The summed E-state index contributed by atoms with van der Waals surface area (Å²) in [5.74, 6) is -3.10. The number of hydrogen-bond acceptors (Lipinski definition) is 5. The molecule has 0 saturated carbocycles. The van der Waals surface area contributed by atoms with Crippen LogP contribution in [0.3, 0.4) is 0 Å². The number of ketones is 1. The fraction of sp³-hybridized carbons (Fsp3) is 0.360. The molecule has 1 saturated heterocycles. The summed E-state index contributed by atoms with van der Waals surface area (Å²) in [5.41, 5.74) is -3.29. The second-order valence-corrected chi connectivity index (χ2v) is 10.4. The zero-order valence-electron chi connectivity index (χ0n) is 19.4. The number of nitrogens with one attached hydrogen (secondary N) is 1. The van der Waals surface area contributed by atoms with Crippen molar-refractivity contribution < 1.29 is 36.6 Å². The second kappa shape index (κ2) is 9.13. The van der Waals surface area contributed by atoms with Crippen molar-refractivity contribution in [3.05, 3.63) is 74.5 Å². The van der Waals surface area contributed by atoms with Crippen LogP contribution in [0.15, 0.2) is 36.4 Å². The molecule has 2 aromatic carbocycles. The number of hydrogen-bond donors (Lipinski definition) is 1. The Labute approximate surface area is 214 Å². The third-order valence-corrected chi connectivity index (χ3v) is 6.25. The van der Waals surface area contributed by atoms with E-state index < -0.39 is 57.2 Å². The summed E-state index contributed by atoms with van der Waals surface area (Å²) in [6.07, 6.45) is -5.97. The van der Waals surface area contributed by atoms with Crippen molar-refractivity contribution in [3.63, 3.8) is 0 Å². The molecule has 2 heterocycles. The van der Waals surface area contributed by atoms with Crippen molar-refractivity contribution in [2.24, 2.45) is 0 Å². The Kier molecular flexibility index (Phi) is 6.75. The molecule has 0 bridgehead atoms. The lowest BCUT2D eigenvalue weighted by molar-refractivity contribution is -0.182. The summed E-state index contributed by atoms with van der Waals surface area (Å²) >= 11 is 11.4. The number of allylic oxidation sites excluding steroid dienone is 2. The fourth-order valence-electron chi connectivity index (χ4n) is 4.14. The topological polar surface area (TPSA) is 64.6 Å². The van der Waals surface area contributed by atoms with E-state index in [0.717, 1.165) is 12.1 Å². The van der Waals surface area contributed by atoms with Gasteiger partial charge in [-0.15, -0.1) is 0 Å². The van der Waals surface area contributed by atoms with Crippen molar-refractivity contribution in [3.8, 4) is 0 Å². The molecular formula is C25H21Cl2F4NO4. The van der Waals surface area contributed by atoms with Gasteiger partial charge in [-0.1, -0.05) is 35.3 Å². The maximum absolute atomic E-state index is 14.5. The quantitative estimate of drug-likeness (QED) is 0.163. The van der Waals surface area contributed by atoms with Crippen LogP contribution in [0, 0.1) is 5.82 Å². The Morgan fingerprint density at radius 2 is 1.81 bits per heavy atom. The lowest BCUT2D eigenvalue weighted by Gasteiger charge is -2.39. The summed E-state index contributed by atoms with van der Waals surface area (Å²) in [6.45, 7) is 5.89. The Morgan fingerprint density at radius 1 is 1.14 bits per heavy atom. The first-order chi connectivity index (χ1) is 16.6. The lowest BCUT2D eigenvalue weighted by atomic mass is 9.85. The van der Waals surface area contributed by atoms with E-state index in [4.69, 9.17) is 32.7 Å². The molecule has 1 spiro atoms. The minimum absolute atomic E-state index is 0.148. The average molecular weight is 546 g/mol. The highest BCUT2D eigenvalue weighted by molar-refractivity contribution is 6.35. The average Bonchev–Trinajstić information content (AvgIpc) is 3.08. The third-order valence-electron chi connectivity index (χ3n) is 5.76. The Balaban J connectivity index is 1.76. The molecule has 5 nitrogen and oxygen atoms in total. The van der Waals surface area contributed by atoms with Crippen LogP contribution in [0.1, 0.15) is 53.9 Å². The Morgan fingerprint density at radius 3 is 2.36 bits per heavy atom. The van der Waals surface area contributed by atoms with Gasteiger partial charge in [0.25, 0.3) is 0 Å². The molecule has 1 atom stereocenters. The Bertz CT molecular complexity index is 1280. The van der Waals surface area contributed by atoms with Gasteiger partial charge in [0.15, 0.2) is 11.9 Å². The van der Waals surface area contributed by atoms with Crippen LogP contribution in [-0.4, -0.2) is 36.6 Å². The van der Waals surface area contributed by atoms with Crippen LogP contribution < -0.4 is 5.32 Å². The van der Waals surface area contributed by atoms with Crippen molar-refractivity contribution in [1.29, 1.82) is 0 Å². The van der Waals surface area contributed by atoms with E-state index in [9.17, 15) is 27.2 Å². The highest BCUT2D eigenvalue weighted by atomic mass is 35.5. The minimum atomic E-state index is -5.09. The monoisotopic (exact) mass is 545 g/mol. The van der Waals surface area contributed by atoms with Gasteiger partial charge >= 0.3 is 12.1 Å². The molecule has 1 fully saturated rings. The third kappa shape index (κ3) is 5.02. The predicted octanol–water partition coefficient (Wildman–Crippen LogP) is 6.17. The molecule has 0 amide bonds. The van der Waals surface area contributed by atoms with Crippen LogP contribution >= 0.6 is 23.2 Å². The van der Waals surface area contributed by atoms with Gasteiger partial charge in [-0.25, -0.2) is 9.18 Å². The molecule has 0 aliphatic carbocycles. The maximum atomic E-state index is 14.5. The number of alkyl halides is 3. The number of benzene rings is 2. The molecule has 2 aliphatic rings. The standard InChI is InChI=1S/C25H21Cl2F4NO4/c1-23(2,3)36-22(34)21-15-6-12(4-5-16(15)24(35-21)10-32-11-24)19(33)9-17(25(29,30)31)14-7-13(26)8-18(27)20(14)28/h4-9,21,32H,10-11H2,1-3H3. The number of carbonyl (C=O) groups excluding carboxylic acids is 2. The molecule has 1 N–H and O–H groups in total. The summed E-state index contributed by atoms with van der Waals surface area (Å²) in [5, 5.41) is 2.22.